The van der Waals surface area contributed by atoms with Crippen LogP contribution in [-0.4, -0.2) is 22.2 Å². The summed E-state index contributed by atoms with van der Waals surface area (Å²) < 4.78 is 0.571. The van der Waals surface area contributed by atoms with Gasteiger partial charge in [-0.2, -0.15) is 0 Å². The summed E-state index contributed by atoms with van der Waals surface area (Å²) in [6.07, 6.45) is -1.01. The van der Waals surface area contributed by atoms with Crippen LogP contribution < -0.4 is 5.32 Å². The molecule has 0 aromatic carbocycles. The van der Waals surface area contributed by atoms with Crippen molar-refractivity contribution in [2.24, 2.45) is 0 Å². The molecule has 2 atom stereocenters. The molecule has 1 aromatic rings. The molecule has 0 bridgehead atoms. The smallest absolute Gasteiger partial charge is 0.323 e. The molecule has 6 heteroatoms. The lowest BCUT2D eigenvalue weighted by molar-refractivity contribution is -0.143. The maximum absolute atomic E-state index is 10.7. The standard InChI is InChI=1S/C8H8ClNO3S/c9-4-1-3-2-10-5(8(12)13)6(11)7(3)14-4/h1,5-6,10-11H,2H2,(H,12,13). The lowest BCUT2D eigenvalue weighted by Crippen LogP contribution is -2.44. The number of carboxylic acid groups (broad SMARTS) is 1. The Hall–Kier alpha value is -0.620. The van der Waals surface area contributed by atoms with Gasteiger partial charge in [-0.15, -0.1) is 11.3 Å². The predicted octanol–water partition coefficient (Wildman–Crippen LogP) is 0.991. The molecule has 1 aliphatic heterocycles. The highest BCUT2D eigenvalue weighted by atomic mass is 35.5. The van der Waals surface area contributed by atoms with Gasteiger partial charge in [-0.3, -0.25) is 10.1 Å². The molecule has 2 rings (SSSR count). The summed E-state index contributed by atoms with van der Waals surface area (Å²) >= 11 is 7.01. The molecule has 0 saturated heterocycles. The van der Waals surface area contributed by atoms with Crippen LogP contribution in [-0.2, 0) is 11.3 Å². The van der Waals surface area contributed by atoms with E-state index in [4.69, 9.17) is 16.7 Å². The molecule has 76 valence electrons. The number of halogens is 1. The third-order valence-electron chi connectivity index (χ3n) is 2.17. The minimum atomic E-state index is -1.05. The second kappa shape index (κ2) is 3.51. The fourth-order valence-electron chi connectivity index (χ4n) is 1.50. The van der Waals surface area contributed by atoms with Crippen LogP contribution in [0.2, 0.25) is 4.34 Å². The molecule has 3 N–H and O–H groups in total. The summed E-state index contributed by atoms with van der Waals surface area (Å²) in [5.74, 6) is -1.05. The maximum atomic E-state index is 10.7. The Morgan fingerprint density at radius 1 is 1.71 bits per heavy atom. The highest BCUT2D eigenvalue weighted by Crippen LogP contribution is 2.35. The first-order valence-electron chi connectivity index (χ1n) is 4.02. The first-order valence-corrected chi connectivity index (χ1v) is 5.21. The van der Waals surface area contributed by atoms with Gasteiger partial charge in [0.1, 0.15) is 12.1 Å². The lowest BCUT2D eigenvalue weighted by Gasteiger charge is -2.25. The van der Waals surface area contributed by atoms with Gasteiger partial charge < -0.3 is 10.2 Å². The van der Waals surface area contributed by atoms with Gasteiger partial charge in [-0.1, -0.05) is 11.6 Å². The molecule has 0 radical (unpaired) electrons. The number of nitrogens with one attached hydrogen (secondary N) is 1. The second-order valence-corrected chi connectivity index (χ2v) is 4.80. The highest BCUT2D eigenvalue weighted by Gasteiger charge is 2.34. The van der Waals surface area contributed by atoms with E-state index in [1.54, 1.807) is 6.07 Å². The van der Waals surface area contributed by atoms with Crippen molar-refractivity contribution in [3.63, 3.8) is 0 Å². The fraction of sp³-hybridized carbons (Fsp3) is 0.375. The molecule has 1 aromatic heterocycles. The van der Waals surface area contributed by atoms with Gasteiger partial charge in [0.05, 0.1) is 4.34 Å². The summed E-state index contributed by atoms with van der Waals surface area (Å²) in [6.45, 7) is 0.437. The number of aliphatic hydroxyl groups is 1. The van der Waals surface area contributed by atoms with Crippen LogP contribution in [0.1, 0.15) is 16.5 Å². The predicted molar refractivity (Wildman–Crippen MR) is 52.6 cm³/mol. The third-order valence-corrected chi connectivity index (χ3v) is 3.55. The highest BCUT2D eigenvalue weighted by molar-refractivity contribution is 7.16. The number of rotatable bonds is 1. The van der Waals surface area contributed by atoms with Crippen LogP contribution in [0.15, 0.2) is 6.07 Å². The Morgan fingerprint density at radius 3 is 3.07 bits per heavy atom. The first kappa shape index (κ1) is 9.92. The SMILES string of the molecule is O=C(O)C1NCc2cc(Cl)sc2C1O. The number of hydrogen-bond donors (Lipinski definition) is 3. The minimum Gasteiger partial charge on any atom is -0.480 e. The third kappa shape index (κ3) is 1.52. The van der Waals surface area contributed by atoms with Crippen molar-refractivity contribution in [3.8, 4) is 0 Å². The molecule has 0 spiro atoms. The minimum absolute atomic E-state index is 0.437. The Labute approximate surface area is 89.1 Å². The average molecular weight is 234 g/mol. The molecule has 0 aliphatic carbocycles. The van der Waals surface area contributed by atoms with Crippen molar-refractivity contribution in [2.45, 2.75) is 18.7 Å². The van der Waals surface area contributed by atoms with Crippen molar-refractivity contribution in [1.82, 2.24) is 5.32 Å². The Kier molecular flexibility index (Phi) is 2.48. The zero-order chi connectivity index (χ0) is 10.3. The van der Waals surface area contributed by atoms with Gasteiger partial charge in [0, 0.05) is 11.4 Å². The molecular formula is C8H8ClNO3S. The van der Waals surface area contributed by atoms with Crippen LogP contribution in [0.3, 0.4) is 0 Å². The number of fused-ring (bicyclic) bond motifs is 1. The van der Waals surface area contributed by atoms with Crippen LogP contribution in [0.4, 0.5) is 0 Å². The summed E-state index contributed by atoms with van der Waals surface area (Å²) in [6, 6.07) is 0.813. The summed E-state index contributed by atoms with van der Waals surface area (Å²) in [4.78, 5) is 11.4. The Balaban J connectivity index is 2.35. The number of carbonyl (C=O) groups is 1. The van der Waals surface area contributed by atoms with E-state index in [9.17, 15) is 9.90 Å². The molecule has 0 fully saturated rings. The van der Waals surface area contributed by atoms with E-state index in [1.807, 2.05) is 0 Å². The normalized spacial score (nSPS) is 25.9. The number of aliphatic carboxylic acids is 1. The molecular weight excluding hydrogens is 226 g/mol. The van der Waals surface area contributed by atoms with Crippen molar-refractivity contribution < 1.29 is 15.0 Å². The summed E-state index contributed by atoms with van der Waals surface area (Å²) in [5.41, 5.74) is 0.880. The van der Waals surface area contributed by atoms with Gasteiger partial charge in [0.2, 0.25) is 0 Å². The number of hydrogen-bond acceptors (Lipinski definition) is 4. The molecule has 14 heavy (non-hydrogen) atoms. The molecule has 0 saturated carbocycles. The van der Waals surface area contributed by atoms with Crippen molar-refractivity contribution >= 4 is 28.9 Å². The summed E-state index contributed by atoms with van der Waals surface area (Å²) in [5, 5.41) is 21.2. The van der Waals surface area contributed by atoms with E-state index < -0.39 is 18.1 Å². The number of thiophene rings is 1. The fourth-order valence-corrected chi connectivity index (χ4v) is 2.81. The van der Waals surface area contributed by atoms with Crippen LogP contribution >= 0.6 is 22.9 Å². The van der Waals surface area contributed by atoms with E-state index in [-0.39, 0.29) is 0 Å². The van der Waals surface area contributed by atoms with E-state index >= 15 is 0 Å². The van der Waals surface area contributed by atoms with E-state index in [0.717, 1.165) is 5.56 Å². The van der Waals surface area contributed by atoms with Crippen molar-refractivity contribution in [3.05, 3.63) is 20.8 Å². The van der Waals surface area contributed by atoms with Gasteiger partial charge in [0.15, 0.2) is 0 Å². The van der Waals surface area contributed by atoms with E-state index in [0.29, 0.717) is 15.8 Å². The average Bonchev–Trinajstić information content (AvgIpc) is 2.46. The second-order valence-electron chi connectivity index (χ2n) is 3.08. The van der Waals surface area contributed by atoms with E-state index in [2.05, 4.69) is 5.32 Å². The van der Waals surface area contributed by atoms with Crippen LogP contribution in [0.5, 0.6) is 0 Å². The molecule has 1 aliphatic rings. The quantitative estimate of drug-likeness (QED) is 0.677. The number of carboxylic acids is 1. The van der Waals surface area contributed by atoms with Crippen LogP contribution in [0, 0.1) is 0 Å². The molecule has 2 unspecified atom stereocenters. The van der Waals surface area contributed by atoms with Crippen LogP contribution in [0.25, 0.3) is 0 Å². The Bertz CT molecular complexity index is 379. The lowest BCUT2D eigenvalue weighted by atomic mass is 10.0. The molecule has 2 heterocycles. The topological polar surface area (TPSA) is 69.6 Å². The monoisotopic (exact) mass is 233 g/mol. The van der Waals surface area contributed by atoms with Gasteiger partial charge in [-0.25, -0.2) is 0 Å². The molecule has 0 amide bonds. The molecule has 4 nitrogen and oxygen atoms in total. The zero-order valence-corrected chi connectivity index (χ0v) is 8.60. The number of aliphatic hydroxyl groups excluding tert-OH is 1. The van der Waals surface area contributed by atoms with Gasteiger partial charge in [-0.05, 0) is 11.6 Å². The van der Waals surface area contributed by atoms with Crippen molar-refractivity contribution in [1.29, 1.82) is 0 Å². The maximum Gasteiger partial charge on any atom is 0.323 e. The zero-order valence-electron chi connectivity index (χ0n) is 7.03. The first-order chi connectivity index (χ1) is 6.59. The van der Waals surface area contributed by atoms with E-state index in [1.165, 1.54) is 11.3 Å². The largest absolute Gasteiger partial charge is 0.480 e. The Morgan fingerprint density at radius 2 is 2.43 bits per heavy atom. The van der Waals surface area contributed by atoms with Crippen molar-refractivity contribution in [2.75, 3.05) is 0 Å². The summed E-state index contributed by atoms with van der Waals surface area (Å²) in [7, 11) is 0. The van der Waals surface area contributed by atoms with Gasteiger partial charge >= 0.3 is 5.97 Å². The van der Waals surface area contributed by atoms with Gasteiger partial charge in [0.25, 0.3) is 0 Å².